The van der Waals surface area contributed by atoms with Crippen molar-refractivity contribution >= 4 is 25.6 Å². The molecule has 2 rings (SSSR count). The molecule has 1 aromatic carbocycles. The monoisotopic (exact) mass is 329 g/mol. The SMILES string of the molecule is Cc1ccc(C(=O)NC2C(C)(C)C2(C)C)cc1S(=O)(=O)Cl. The normalized spacial score (nSPS) is 20.1. The number of carbonyl (C=O) groups is 1. The van der Waals surface area contributed by atoms with E-state index in [0.29, 0.717) is 11.1 Å². The summed E-state index contributed by atoms with van der Waals surface area (Å²) in [6, 6.07) is 4.59. The standard InChI is InChI=1S/C15H20ClNO3S/c1-9-6-7-10(8-11(9)21(16,19)20)12(18)17-13-14(2,3)15(13,4)5/h6-8,13H,1-5H3,(H,17,18). The molecule has 1 saturated carbocycles. The van der Waals surface area contributed by atoms with Crippen LogP contribution in [0.5, 0.6) is 0 Å². The van der Waals surface area contributed by atoms with Crippen molar-refractivity contribution in [3.05, 3.63) is 29.3 Å². The van der Waals surface area contributed by atoms with Gasteiger partial charge in [-0.05, 0) is 35.4 Å². The van der Waals surface area contributed by atoms with Crippen LogP contribution in [0.25, 0.3) is 0 Å². The minimum absolute atomic E-state index is 0.0221. The van der Waals surface area contributed by atoms with Crippen molar-refractivity contribution in [3.63, 3.8) is 0 Å². The van der Waals surface area contributed by atoms with Crippen LogP contribution in [0.2, 0.25) is 0 Å². The molecule has 21 heavy (non-hydrogen) atoms. The quantitative estimate of drug-likeness (QED) is 0.867. The summed E-state index contributed by atoms with van der Waals surface area (Å²) in [5.74, 6) is -0.278. The van der Waals surface area contributed by atoms with Gasteiger partial charge in [0, 0.05) is 22.3 Å². The molecular formula is C15H20ClNO3S. The summed E-state index contributed by atoms with van der Waals surface area (Å²) in [5, 5.41) is 2.97. The number of hydrogen-bond donors (Lipinski definition) is 1. The second-order valence-corrected chi connectivity index (χ2v) is 9.30. The van der Waals surface area contributed by atoms with Crippen molar-refractivity contribution in [3.8, 4) is 0 Å². The van der Waals surface area contributed by atoms with Gasteiger partial charge in [0.05, 0.1) is 4.90 Å². The highest BCUT2D eigenvalue weighted by atomic mass is 35.7. The molecule has 0 aromatic heterocycles. The zero-order valence-corrected chi connectivity index (χ0v) is 14.4. The van der Waals surface area contributed by atoms with Gasteiger partial charge < -0.3 is 5.32 Å². The van der Waals surface area contributed by atoms with E-state index in [9.17, 15) is 13.2 Å². The molecule has 1 N–H and O–H groups in total. The first-order valence-electron chi connectivity index (χ1n) is 6.75. The Hall–Kier alpha value is -1.07. The fourth-order valence-corrected chi connectivity index (χ4v) is 3.99. The summed E-state index contributed by atoms with van der Waals surface area (Å²) < 4.78 is 23.0. The second-order valence-electron chi connectivity index (χ2n) is 6.77. The highest BCUT2D eigenvalue weighted by Gasteiger charge is 2.65. The zero-order valence-electron chi connectivity index (χ0n) is 12.8. The molecule has 0 radical (unpaired) electrons. The number of nitrogens with one attached hydrogen (secondary N) is 1. The van der Waals surface area contributed by atoms with Crippen LogP contribution >= 0.6 is 10.7 Å². The molecule has 0 atom stereocenters. The van der Waals surface area contributed by atoms with Crippen LogP contribution in [-0.4, -0.2) is 20.4 Å². The topological polar surface area (TPSA) is 63.2 Å². The van der Waals surface area contributed by atoms with E-state index in [1.165, 1.54) is 6.07 Å². The molecule has 0 spiro atoms. The predicted octanol–water partition coefficient (Wildman–Crippen LogP) is 3.09. The first-order chi connectivity index (χ1) is 9.39. The number of carbonyl (C=O) groups excluding carboxylic acids is 1. The second kappa shape index (κ2) is 4.71. The first-order valence-corrected chi connectivity index (χ1v) is 9.06. The summed E-state index contributed by atoms with van der Waals surface area (Å²) in [7, 11) is 1.53. The molecule has 1 aliphatic rings. The highest BCUT2D eigenvalue weighted by molar-refractivity contribution is 8.13. The minimum Gasteiger partial charge on any atom is -0.348 e. The largest absolute Gasteiger partial charge is 0.348 e. The average Bonchev–Trinajstić information content (AvgIpc) is 2.70. The molecule has 0 unspecified atom stereocenters. The molecular weight excluding hydrogens is 310 g/mol. The molecule has 1 aromatic rings. The summed E-state index contributed by atoms with van der Waals surface area (Å²) in [4.78, 5) is 12.3. The van der Waals surface area contributed by atoms with Gasteiger partial charge in [-0.2, -0.15) is 0 Å². The Bertz CT molecular complexity index is 694. The Morgan fingerprint density at radius 2 is 1.71 bits per heavy atom. The van der Waals surface area contributed by atoms with Crippen molar-refractivity contribution in [2.75, 3.05) is 0 Å². The maximum Gasteiger partial charge on any atom is 0.261 e. The van der Waals surface area contributed by atoms with Crippen LogP contribution in [0.4, 0.5) is 0 Å². The summed E-state index contributed by atoms with van der Waals surface area (Å²) in [6.45, 7) is 10.0. The lowest BCUT2D eigenvalue weighted by atomic mass is 10.0. The molecule has 0 bridgehead atoms. The van der Waals surface area contributed by atoms with Gasteiger partial charge in [-0.1, -0.05) is 33.8 Å². The van der Waals surface area contributed by atoms with Crippen LogP contribution < -0.4 is 5.32 Å². The van der Waals surface area contributed by atoms with Crippen LogP contribution in [0, 0.1) is 17.8 Å². The number of hydrogen-bond acceptors (Lipinski definition) is 3. The Labute approximate surface area is 130 Å². The van der Waals surface area contributed by atoms with E-state index in [2.05, 4.69) is 33.0 Å². The predicted molar refractivity (Wildman–Crippen MR) is 83.0 cm³/mol. The number of benzene rings is 1. The van der Waals surface area contributed by atoms with E-state index >= 15 is 0 Å². The lowest BCUT2D eigenvalue weighted by Gasteiger charge is -2.09. The van der Waals surface area contributed by atoms with Crippen LogP contribution in [-0.2, 0) is 9.05 Å². The van der Waals surface area contributed by atoms with E-state index in [0.717, 1.165) is 0 Å². The minimum atomic E-state index is -3.86. The average molecular weight is 330 g/mol. The number of amides is 1. The smallest absolute Gasteiger partial charge is 0.261 e. The molecule has 4 nitrogen and oxygen atoms in total. The van der Waals surface area contributed by atoms with Gasteiger partial charge in [0.1, 0.15) is 0 Å². The van der Waals surface area contributed by atoms with E-state index < -0.39 is 9.05 Å². The Morgan fingerprint density at radius 1 is 1.19 bits per heavy atom. The van der Waals surface area contributed by atoms with Crippen molar-refractivity contribution in [2.45, 2.75) is 45.6 Å². The fourth-order valence-electron chi connectivity index (χ4n) is 2.78. The van der Waals surface area contributed by atoms with Gasteiger partial charge in [-0.3, -0.25) is 4.79 Å². The van der Waals surface area contributed by atoms with Crippen molar-refractivity contribution < 1.29 is 13.2 Å². The van der Waals surface area contributed by atoms with Crippen LogP contribution in [0.3, 0.4) is 0 Å². The third kappa shape index (κ3) is 2.69. The maximum absolute atomic E-state index is 12.3. The first kappa shape index (κ1) is 16.3. The maximum atomic E-state index is 12.3. The van der Waals surface area contributed by atoms with Gasteiger partial charge in [0.15, 0.2) is 0 Å². The molecule has 0 saturated heterocycles. The Morgan fingerprint density at radius 3 is 2.14 bits per heavy atom. The van der Waals surface area contributed by atoms with Gasteiger partial charge in [0.2, 0.25) is 0 Å². The number of aryl methyl sites for hydroxylation is 1. The lowest BCUT2D eigenvalue weighted by molar-refractivity contribution is 0.0943. The Kier molecular flexibility index (Phi) is 3.66. The van der Waals surface area contributed by atoms with Gasteiger partial charge in [-0.15, -0.1) is 0 Å². The summed E-state index contributed by atoms with van der Waals surface area (Å²) >= 11 is 0. The van der Waals surface area contributed by atoms with Crippen molar-refractivity contribution in [1.29, 1.82) is 0 Å². The molecule has 1 fully saturated rings. The molecule has 0 aliphatic heterocycles. The third-order valence-electron chi connectivity index (χ3n) is 5.01. The fraction of sp³-hybridized carbons (Fsp3) is 0.533. The van der Waals surface area contributed by atoms with Crippen molar-refractivity contribution in [1.82, 2.24) is 5.32 Å². The lowest BCUT2D eigenvalue weighted by Crippen LogP contribution is -2.29. The zero-order chi connectivity index (χ0) is 16.2. The number of halogens is 1. The number of rotatable bonds is 3. The molecule has 1 aliphatic carbocycles. The molecule has 1 amide bonds. The van der Waals surface area contributed by atoms with Gasteiger partial charge >= 0.3 is 0 Å². The van der Waals surface area contributed by atoms with Gasteiger partial charge in [0.25, 0.3) is 15.0 Å². The molecule has 6 heteroatoms. The van der Waals surface area contributed by atoms with E-state index in [1.54, 1.807) is 19.1 Å². The van der Waals surface area contributed by atoms with E-state index in [4.69, 9.17) is 10.7 Å². The van der Waals surface area contributed by atoms with Crippen LogP contribution in [0.1, 0.15) is 43.6 Å². The van der Waals surface area contributed by atoms with Gasteiger partial charge in [-0.25, -0.2) is 8.42 Å². The van der Waals surface area contributed by atoms with E-state index in [1.807, 2.05) is 0 Å². The molecule has 116 valence electrons. The summed E-state index contributed by atoms with van der Waals surface area (Å²) in [6.07, 6.45) is 0. The summed E-state index contributed by atoms with van der Waals surface area (Å²) in [5.41, 5.74) is 0.871. The Balaban J connectivity index is 2.26. The van der Waals surface area contributed by atoms with Crippen molar-refractivity contribution in [2.24, 2.45) is 10.8 Å². The van der Waals surface area contributed by atoms with Crippen LogP contribution in [0.15, 0.2) is 23.1 Å². The molecule has 0 heterocycles. The van der Waals surface area contributed by atoms with E-state index in [-0.39, 0.29) is 27.7 Å². The third-order valence-corrected chi connectivity index (χ3v) is 6.47. The highest BCUT2D eigenvalue weighted by Crippen LogP contribution is 2.62.